The lowest BCUT2D eigenvalue weighted by atomic mass is 9.81. The van der Waals surface area contributed by atoms with Crippen molar-refractivity contribution in [1.29, 1.82) is 0 Å². The molecule has 1 amide bonds. The zero-order chi connectivity index (χ0) is 24.4. The SMILES string of the molecule is CC(C)(C)OC(=O)CC(C)(C)[C@@H](NC(=O)OCC1c2ccccc2-c2ccccc21)C(=O)O. The summed E-state index contributed by atoms with van der Waals surface area (Å²) in [5, 5.41) is 12.1. The number of alkyl carbamates (subject to hydrolysis) is 1. The molecule has 2 aromatic rings. The van der Waals surface area contributed by atoms with E-state index in [9.17, 15) is 19.5 Å². The summed E-state index contributed by atoms with van der Waals surface area (Å²) in [7, 11) is 0. The minimum atomic E-state index is -1.33. The van der Waals surface area contributed by atoms with Crippen molar-refractivity contribution in [2.45, 2.75) is 58.6 Å². The number of carboxylic acid groups (broad SMARTS) is 1. The quantitative estimate of drug-likeness (QED) is 0.588. The summed E-state index contributed by atoms with van der Waals surface area (Å²) in [6.45, 7) is 8.47. The van der Waals surface area contributed by atoms with Gasteiger partial charge in [0, 0.05) is 11.3 Å². The number of aliphatic carboxylic acids is 1. The van der Waals surface area contributed by atoms with Crippen molar-refractivity contribution in [3.05, 3.63) is 59.7 Å². The van der Waals surface area contributed by atoms with Crippen LogP contribution >= 0.6 is 0 Å². The summed E-state index contributed by atoms with van der Waals surface area (Å²) in [4.78, 5) is 36.8. The zero-order valence-electron chi connectivity index (χ0n) is 19.7. The maximum atomic E-state index is 12.6. The van der Waals surface area contributed by atoms with Crippen LogP contribution in [-0.2, 0) is 19.1 Å². The Morgan fingerprint density at radius 2 is 1.45 bits per heavy atom. The molecule has 0 saturated carbocycles. The molecule has 0 bridgehead atoms. The first-order chi connectivity index (χ1) is 15.4. The van der Waals surface area contributed by atoms with E-state index in [0.29, 0.717) is 0 Å². The van der Waals surface area contributed by atoms with Gasteiger partial charge in [-0.2, -0.15) is 0 Å². The first kappa shape index (κ1) is 24.3. The second kappa shape index (κ2) is 9.25. The highest BCUT2D eigenvalue weighted by atomic mass is 16.6. The van der Waals surface area contributed by atoms with E-state index < -0.39 is 35.1 Å². The summed E-state index contributed by atoms with van der Waals surface area (Å²) in [5.74, 6) is -1.92. The van der Waals surface area contributed by atoms with Crippen LogP contribution in [0.25, 0.3) is 11.1 Å². The highest BCUT2D eigenvalue weighted by Gasteiger charge is 2.40. The van der Waals surface area contributed by atoms with Gasteiger partial charge in [-0.15, -0.1) is 0 Å². The Hall–Kier alpha value is -3.35. The first-order valence-corrected chi connectivity index (χ1v) is 11.0. The third-order valence-corrected chi connectivity index (χ3v) is 5.65. The van der Waals surface area contributed by atoms with E-state index in [-0.39, 0.29) is 18.9 Å². The van der Waals surface area contributed by atoms with E-state index in [1.807, 2.05) is 48.5 Å². The maximum Gasteiger partial charge on any atom is 0.407 e. The Morgan fingerprint density at radius 3 is 1.94 bits per heavy atom. The predicted octanol–water partition coefficient (Wildman–Crippen LogP) is 4.74. The highest BCUT2D eigenvalue weighted by molar-refractivity contribution is 5.82. The topological polar surface area (TPSA) is 102 Å². The third-order valence-electron chi connectivity index (χ3n) is 5.65. The normalized spacial score (nSPS) is 14.1. The molecule has 7 heteroatoms. The fourth-order valence-electron chi connectivity index (χ4n) is 4.20. The van der Waals surface area contributed by atoms with E-state index in [2.05, 4.69) is 5.32 Å². The van der Waals surface area contributed by atoms with E-state index in [0.717, 1.165) is 22.3 Å². The molecule has 1 aliphatic carbocycles. The number of carbonyl (C=O) groups is 3. The molecule has 0 aromatic heterocycles. The van der Waals surface area contributed by atoms with Gasteiger partial charge >= 0.3 is 18.0 Å². The number of amides is 1. The van der Waals surface area contributed by atoms with Crippen molar-refractivity contribution in [3.8, 4) is 11.1 Å². The minimum absolute atomic E-state index is 0.0681. The van der Waals surface area contributed by atoms with Crippen molar-refractivity contribution >= 4 is 18.0 Å². The smallest absolute Gasteiger partial charge is 0.407 e. The van der Waals surface area contributed by atoms with Gasteiger partial charge in [0.25, 0.3) is 0 Å². The standard InChI is InChI=1S/C26H31NO6/c1-25(2,3)33-21(28)14-26(4,5)22(23(29)30)27-24(31)32-15-20-18-12-8-6-10-16(18)17-11-7-9-13-19(17)20/h6-13,20,22H,14-15H2,1-5H3,(H,27,31)(H,29,30)/t22-/m0/s1. The number of nitrogens with one attached hydrogen (secondary N) is 1. The molecule has 33 heavy (non-hydrogen) atoms. The number of esters is 1. The molecular weight excluding hydrogens is 422 g/mol. The van der Waals surface area contributed by atoms with Crippen molar-refractivity contribution in [2.75, 3.05) is 6.61 Å². The largest absolute Gasteiger partial charge is 0.480 e. The summed E-state index contributed by atoms with van der Waals surface area (Å²) >= 11 is 0. The second-order valence-electron chi connectivity index (χ2n) is 9.99. The van der Waals surface area contributed by atoms with E-state index in [4.69, 9.17) is 9.47 Å². The Morgan fingerprint density at radius 1 is 0.939 bits per heavy atom. The van der Waals surface area contributed by atoms with Crippen LogP contribution in [0, 0.1) is 5.41 Å². The minimum Gasteiger partial charge on any atom is -0.480 e. The Kier molecular flexibility index (Phi) is 6.81. The lowest BCUT2D eigenvalue weighted by molar-refractivity contribution is -0.158. The number of hydrogen-bond donors (Lipinski definition) is 2. The van der Waals surface area contributed by atoms with Crippen molar-refractivity contribution in [2.24, 2.45) is 5.41 Å². The number of carboxylic acids is 1. The van der Waals surface area contributed by atoms with Crippen LogP contribution in [0.15, 0.2) is 48.5 Å². The molecule has 0 radical (unpaired) electrons. The van der Waals surface area contributed by atoms with Crippen LogP contribution in [0.5, 0.6) is 0 Å². The van der Waals surface area contributed by atoms with E-state index in [1.165, 1.54) is 0 Å². The molecule has 0 fully saturated rings. The number of benzene rings is 2. The zero-order valence-corrected chi connectivity index (χ0v) is 19.7. The summed E-state index contributed by atoms with van der Waals surface area (Å²) in [5.41, 5.74) is 2.54. The molecule has 2 aromatic carbocycles. The molecule has 0 spiro atoms. The average molecular weight is 454 g/mol. The summed E-state index contributed by atoms with van der Waals surface area (Å²) in [6.07, 6.45) is -1.02. The number of carbonyl (C=O) groups excluding carboxylic acids is 2. The van der Waals surface area contributed by atoms with Crippen LogP contribution in [-0.4, -0.2) is 41.4 Å². The first-order valence-electron chi connectivity index (χ1n) is 11.0. The predicted molar refractivity (Wildman–Crippen MR) is 124 cm³/mol. The number of rotatable bonds is 7. The number of fused-ring (bicyclic) bond motifs is 3. The molecule has 7 nitrogen and oxygen atoms in total. The molecule has 1 atom stereocenters. The molecule has 1 aliphatic rings. The van der Waals surface area contributed by atoms with Gasteiger partial charge in [0.1, 0.15) is 18.2 Å². The van der Waals surface area contributed by atoms with Gasteiger partial charge in [-0.3, -0.25) is 4.79 Å². The Balaban J connectivity index is 1.68. The third kappa shape index (κ3) is 5.72. The molecule has 3 rings (SSSR count). The molecule has 0 unspecified atom stereocenters. The van der Waals surface area contributed by atoms with Crippen molar-refractivity contribution in [1.82, 2.24) is 5.32 Å². The molecule has 176 valence electrons. The van der Waals surface area contributed by atoms with E-state index in [1.54, 1.807) is 34.6 Å². The van der Waals surface area contributed by atoms with Gasteiger partial charge in [-0.25, -0.2) is 9.59 Å². The van der Waals surface area contributed by atoms with Crippen LogP contribution in [0.3, 0.4) is 0 Å². The van der Waals surface area contributed by atoms with Crippen molar-refractivity contribution < 1.29 is 29.0 Å². The Labute approximate surface area is 194 Å². The van der Waals surface area contributed by atoms with Crippen LogP contribution in [0.4, 0.5) is 4.79 Å². The van der Waals surface area contributed by atoms with Crippen LogP contribution in [0.2, 0.25) is 0 Å². The molecule has 0 heterocycles. The monoisotopic (exact) mass is 453 g/mol. The average Bonchev–Trinajstić information content (AvgIpc) is 3.02. The van der Waals surface area contributed by atoms with Gasteiger partial charge in [0.05, 0.1) is 6.42 Å². The summed E-state index contributed by atoms with van der Waals surface area (Å²) < 4.78 is 10.8. The van der Waals surface area contributed by atoms with Gasteiger partial charge in [-0.1, -0.05) is 62.4 Å². The molecule has 0 saturated heterocycles. The lowest BCUT2D eigenvalue weighted by Gasteiger charge is -2.32. The molecular formula is C26H31NO6. The van der Waals surface area contributed by atoms with Crippen LogP contribution < -0.4 is 5.32 Å². The fourth-order valence-corrected chi connectivity index (χ4v) is 4.20. The van der Waals surface area contributed by atoms with Gasteiger partial charge in [0.2, 0.25) is 0 Å². The maximum absolute atomic E-state index is 12.6. The molecule has 0 aliphatic heterocycles. The highest BCUT2D eigenvalue weighted by Crippen LogP contribution is 2.44. The lowest BCUT2D eigenvalue weighted by Crippen LogP contribution is -2.51. The fraction of sp³-hybridized carbons (Fsp3) is 0.423. The molecule has 2 N–H and O–H groups in total. The second-order valence-corrected chi connectivity index (χ2v) is 9.99. The summed E-state index contributed by atoms with van der Waals surface area (Å²) in [6, 6.07) is 14.6. The van der Waals surface area contributed by atoms with Crippen molar-refractivity contribution in [3.63, 3.8) is 0 Å². The van der Waals surface area contributed by atoms with Crippen LogP contribution in [0.1, 0.15) is 58.1 Å². The number of hydrogen-bond acceptors (Lipinski definition) is 5. The van der Waals surface area contributed by atoms with Gasteiger partial charge < -0.3 is 19.9 Å². The Bertz CT molecular complexity index is 1010. The van der Waals surface area contributed by atoms with E-state index >= 15 is 0 Å². The van der Waals surface area contributed by atoms with Gasteiger partial charge in [0.15, 0.2) is 0 Å². The van der Waals surface area contributed by atoms with Gasteiger partial charge in [-0.05, 0) is 43.0 Å². The number of ether oxygens (including phenoxy) is 2.